The summed E-state index contributed by atoms with van der Waals surface area (Å²) in [6.07, 6.45) is 1.44. The predicted molar refractivity (Wildman–Crippen MR) is 151 cm³/mol. The first-order valence-corrected chi connectivity index (χ1v) is 13.4. The molecule has 6 heteroatoms. The molecular weight excluding hydrogens is 482 g/mol. The number of H-pyrrole nitrogens is 1. The first kappa shape index (κ1) is 22.2. The lowest BCUT2D eigenvalue weighted by molar-refractivity contribution is -0.117. The molecule has 188 valence electrons. The molecule has 39 heavy (non-hydrogen) atoms. The van der Waals surface area contributed by atoms with E-state index in [0.717, 1.165) is 62.1 Å². The maximum Gasteiger partial charge on any atom is 0.263 e. The molecule has 3 aromatic carbocycles. The van der Waals surface area contributed by atoms with Crippen LogP contribution in [0.3, 0.4) is 0 Å². The van der Waals surface area contributed by atoms with Crippen LogP contribution in [0.4, 0.5) is 0 Å². The number of fused-ring (bicyclic) bond motifs is 9. The number of hydrogen-bond acceptors (Lipinski definition) is 4. The largest absolute Gasteiger partial charge is 0.354 e. The monoisotopic (exact) mass is 507 g/mol. The third-order valence-electron chi connectivity index (χ3n) is 9.05. The Morgan fingerprint density at radius 1 is 1.00 bits per heavy atom. The zero-order valence-electron chi connectivity index (χ0n) is 21.9. The third kappa shape index (κ3) is 2.77. The maximum absolute atomic E-state index is 13.5. The first-order chi connectivity index (χ1) is 18.9. The Bertz CT molecular complexity index is 2020. The number of aromatic amines is 1. The first-order valence-electron chi connectivity index (χ1n) is 13.4. The van der Waals surface area contributed by atoms with Crippen LogP contribution < -0.4 is 5.32 Å². The highest BCUT2D eigenvalue weighted by Gasteiger charge is 2.57. The highest BCUT2D eigenvalue weighted by molar-refractivity contribution is 6.14. The Labute approximate surface area is 225 Å². The van der Waals surface area contributed by atoms with Crippen molar-refractivity contribution in [3.8, 4) is 17.3 Å². The van der Waals surface area contributed by atoms with E-state index < -0.39 is 5.54 Å². The molecule has 5 aromatic rings. The summed E-state index contributed by atoms with van der Waals surface area (Å²) in [6, 6.07) is 21.1. The normalized spacial score (nSPS) is 21.0. The number of hydrogen-bond donors (Lipinski definition) is 2. The van der Waals surface area contributed by atoms with Gasteiger partial charge in [0.05, 0.1) is 33.9 Å². The van der Waals surface area contributed by atoms with Crippen LogP contribution in [-0.4, -0.2) is 26.4 Å². The number of nitrogens with zero attached hydrogens (tertiary/aromatic N) is 3. The number of rotatable bonds is 1. The Hall–Kier alpha value is -4.76. The second-order valence-corrected chi connectivity index (χ2v) is 11.2. The summed E-state index contributed by atoms with van der Waals surface area (Å²) in [5.41, 5.74) is 12.3. The van der Waals surface area contributed by atoms with Crippen LogP contribution >= 0.6 is 0 Å². The minimum absolute atomic E-state index is 0.186. The fraction of sp³-hybridized carbons (Fsp3) is 0.212. The molecule has 0 bridgehead atoms. The molecule has 2 N–H and O–H groups in total. The molecule has 0 spiro atoms. The highest BCUT2D eigenvalue weighted by atomic mass is 16.2. The summed E-state index contributed by atoms with van der Waals surface area (Å²) < 4.78 is 0. The lowest BCUT2D eigenvalue weighted by Crippen LogP contribution is -2.51. The van der Waals surface area contributed by atoms with E-state index in [-0.39, 0.29) is 17.4 Å². The van der Waals surface area contributed by atoms with E-state index in [1.165, 1.54) is 22.3 Å². The van der Waals surface area contributed by atoms with Gasteiger partial charge in [-0.2, -0.15) is 5.26 Å². The van der Waals surface area contributed by atoms with E-state index in [1.807, 2.05) is 12.1 Å². The maximum atomic E-state index is 13.5. The summed E-state index contributed by atoms with van der Waals surface area (Å²) in [7, 11) is 0. The van der Waals surface area contributed by atoms with Crippen LogP contribution in [0.25, 0.3) is 38.8 Å². The van der Waals surface area contributed by atoms with Gasteiger partial charge in [0.25, 0.3) is 5.91 Å². The van der Waals surface area contributed by atoms with Crippen LogP contribution in [0.15, 0.2) is 60.2 Å². The molecular formula is C33H25N5O. The lowest BCUT2D eigenvalue weighted by Gasteiger charge is -2.41. The van der Waals surface area contributed by atoms with Crippen LogP contribution in [-0.2, 0) is 11.2 Å². The standard InChI is InChI=1S/C33H25N5O/c1-16-8-9-24-22(12-16)21-10-11-33(28(29(21)35-24)23(15-34)32(39)38-33)27-19-6-4-5-7-20(19)30-31(27)37-26-14-18(3)17(2)13-25(26)36-30/h4-9,12-14,27,35H,10-11H2,1-3H3,(H,38,39). The van der Waals surface area contributed by atoms with Crippen molar-refractivity contribution in [3.63, 3.8) is 0 Å². The van der Waals surface area contributed by atoms with Gasteiger partial charge < -0.3 is 10.3 Å². The van der Waals surface area contributed by atoms with E-state index in [9.17, 15) is 10.1 Å². The minimum Gasteiger partial charge on any atom is -0.354 e. The minimum atomic E-state index is -0.811. The van der Waals surface area contributed by atoms with Crippen molar-refractivity contribution in [1.82, 2.24) is 20.3 Å². The van der Waals surface area contributed by atoms with Crippen molar-refractivity contribution in [2.24, 2.45) is 0 Å². The van der Waals surface area contributed by atoms with Crippen molar-refractivity contribution in [2.75, 3.05) is 0 Å². The van der Waals surface area contributed by atoms with E-state index in [1.54, 1.807) is 0 Å². The summed E-state index contributed by atoms with van der Waals surface area (Å²) in [6.45, 7) is 6.27. The van der Waals surface area contributed by atoms with Crippen LogP contribution in [0, 0.1) is 32.1 Å². The molecule has 3 aliphatic rings. The molecule has 0 fully saturated rings. The second kappa shape index (κ2) is 7.42. The van der Waals surface area contributed by atoms with Crippen LogP contribution in [0.5, 0.6) is 0 Å². The Morgan fingerprint density at radius 2 is 1.77 bits per heavy atom. The van der Waals surface area contributed by atoms with E-state index >= 15 is 0 Å². The molecule has 2 atom stereocenters. The van der Waals surface area contributed by atoms with Gasteiger partial charge in [-0.15, -0.1) is 0 Å². The fourth-order valence-electron chi connectivity index (χ4n) is 7.16. The molecule has 1 aliphatic heterocycles. The summed E-state index contributed by atoms with van der Waals surface area (Å²) in [4.78, 5) is 27.5. The molecule has 0 saturated carbocycles. The van der Waals surface area contributed by atoms with Gasteiger partial charge >= 0.3 is 0 Å². The van der Waals surface area contributed by atoms with Crippen molar-refractivity contribution in [3.05, 3.63) is 99.4 Å². The van der Waals surface area contributed by atoms with Gasteiger partial charge in [0, 0.05) is 27.7 Å². The van der Waals surface area contributed by atoms with Crippen molar-refractivity contribution in [2.45, 2.75) is 45.1 Å². The van der Waals surface area contributed by atoms with Gasteiger partial charge in [-0.25, -0.2) is 9.97 Å². The molecule has 2 aromatic heterocycles. The number of aryl methyl sites for hydroxylation is 4. The molecule has 1 amide bonds. The van der Waals surface area contributed by atoms with Gasteiger partial charge in [0.2, 0.25) is 0 Å². The number of nitriles is 1. The molecule has 0 radical (unpaired) electrons. The van der Waals surface area contributed by atoms with Crippen LogP contribution in [0.2, 0.25) is 0 Å². The Kier molecular flexibility index (Phi) is 4.23. The van der Waals surface area contributed by atoms with E-state index in [4.69, 9.17) is 9.97 Å². The SMILES string of the molecule is Cc1ccc2[nH]c3c(c2c1)CCC1(C2c4ccccc4-c4nc5cc(C)c(C)cc5nc42)NC(=O)C(C#N)=C31. The van der Waals surface area contributed by atoms with Crippen molar-refractivity contribution in [1.29, 1.82) is 5.26 Å². The molecule has 3 heterocycles. The van der Waals surface area contributed by atoms with Crippen molar-refractivity contribution >= 4 is 33.4 Å². The Balaban J connectivity index is 1.44. The molecule has 6 nitrogen and oxygen atoms in total. The molecule has 0 saturated heterocycles. The zero-order chi connectivity index (χ0) is 26.6. The zero-order valence-corrected chi connectivity index (χ0v) is 21.9. The average Bonchev–Trinajstić information content (AvgIpc) is 3.54. The number of carbonyl (C=O) groups excluding carboxylic acids is 1. The third-order valence-corrected chi connectivity index (χ3v) is 9.05. The number of nitrogens with one attached hydrogen (secondary N) is 2. The van der Waals surface area contributed by atoms with Gasteiger partial charge in [-0.1, -0.05) is 35.9 Å². The number of aromatic nitrogens is 3. The van der Waals surface area contributed by atoms with Gasteiger partial charge in [-0.3, -0.25) is 4.79 Å². The molecule has 2 aliphatic carbocycles. The number of benzene rings is 3. The predicted octanol–water partition coefficient (Wildman–Crippen LogP) is 5.94. The molecule has 8 rings (SSSR count). The van der Waals surface area contributed by atoms with Gasteiger partial charge in [0.1, 0.15) is 11.6 Å². The lowest BCUT2D eigenvalue weighted by atomic mass is 9.67. The fourth-order valence-corrected chi connectivity index (χ4v) is 7.16. The smallest absolute Gasteiger partial charge is 0.263 e. The molecule has 2 unspecified atom stereocenters. The number of amides is 1. The summed E-state index contributed by atoms with van der Waals surface area (Å²) in [5, 5.41) is 14.7. The van der Waals surface area contributed by atoms with Crippen LogP contribution in [0.1, 0.15) is 51.5 Å². The Morgan fingerprint density at radius 3 is 2.56 bits per heavy atom. The van der Waals surface area contributed by atoms with Crippen molar-refractivity contribution < 1.29 is 4.79 Å². The topological polar surface area (TPSA) is 94.5 Å². The quantitative estimate of drug-likeness (QED) is 0.294. The highest BCUT2D eigenvalue weighted by Crippen LogP contribution is 2.58. The summed E-state index contributed by atoms with van der Waals surface area (Å²) in [5.74, 6) is -0.588. The number of carbonyl (C=O) groups is 1. The van der Waals surface area contributed by atoms with Gasteiger partial charge in [0.15, 0.2) is 0 Å². The van der Waals surface area contributed by atoms with E-state index in [0.29, 0.717) is 6.42 Å². The van der Waals surface area contributed by atoms with Gasteiger partial charge in [-0.05, 0) is 80.1 Å². The average molecular weight is 508 g/mol. The summed E-state index contributed by atoms with van der Waals surface area (Å²) >= 11 is 0. The second-order valence-electron chi connectivity index (χ2n) is 11.2. The van der Waals surface area contributed by atoms with E-state index in [2.05, 4.69) is 79.6 Å².